The molecule has 7 nitrogen and oxygen atoms in total. The predicted octanol–water partition coefficient (Wildman–Crippen LogP) is 2.99. The van der Waals surface area contributed by atoms with Crippen LogP contribution in [0.3, 0.4) is 0 Å². The first-order chi connectivity index (χ1) is 13.2. The van der Waals surface area contributed by atoms with E-state index in [0.717, 1.165) is 20.9 Å². The summed E-state index contributed by atoms with van der Waals surface area (Å²) in [6.07, 6.45) is -1.30. The summed E-state index contributed by atoms with van der Waals surface area (Å²) in [6.45, 7) is 0.358. The summed E-state index contributed by atoms with van der Waals surface area (Å²) in [6, 6.07) is 7.55. The van der Waals surface area contributed by atoms with Crippen LogP contribution < -0.4 is 5.69 Å². The van der Waals surface area contributed by atoms with Gasteiger partial charge in [-0.1, -0.05) is 17.7 Å². The topological polar surface area (TPSA) is 70.5 Å². The second kappa shape index (κ2) is 6.48. The minimum atomic E-state index is -4.61. The molecule has 0 amide bonds. The van der Waals surface area contributed by atoms with Crippen molar-refractivity contribution in [2.75, 3.05) is 0 Å². The van der Waals surface area contributed by atoms with Gasteiger partial charge in [-0.05, 0) is 23.8 Å². The molecule has 2 aromatic heterocycles. The molecule has 0 fully saturated rings. The fraction of sp³-hybridized carbons (Fsp3) is 0.176. The lowest BCUT2D eigenvalue weighted by Crippen LogP contribution is -2.17. The quantitative estimate of drug-likeness (QED) is 0.489. The van der Waals surface area contributed by atoms with Gasteiger partial charge in [-0.25, -0.2) is 14.3 Å². The minimum absolute atomic E-state index is 0.0225. The minimum Gasteiger partial charge on any atom is -0.327 e. The number of hydrogen-bond donors (Lipinski definition) is 0. The monoisotopic (exact) mass is 408 g/mol. The van der Waals surface area contributed by atoms with Crippen LogP contribution in [0.25, 0.3) is 17.3 Å². The Morgan fingerprint density at radius 2 is 2.00 bits per heavy atom. The van der Waals surface area contributed by atoms with Crippen LogP contribution >= 0.6 is 11.6 Å². The fourth-order valence-electron chi connectivity index (χ4n) is 2.92. The van der Waals surface area contributed by atoms with Crippen LogP contribution in [0.15, 0.2) is 47.5 Å². The largest absolute Gasteiger partial charge is 0.435 e. The summed E-state index contributed by atoms with van der Waals surface area (Å²) in [5, 5.41) is 3.82. The molecule has 2 aliphatic heterocycles. The Labute approximate surface area is 161 Å². The van der Waals surface area contributed by atoms with Crippen molar-refractivity contribution in [1.29, 1.82) is 0 Å². The molecule has 0 atom stereocenters. The van der Waals surface area contributed by atoms with Crippen molar-refractivity contribution in [3.05, 3.63) is 69.6 Å². The zero-order valence-electron chi connectivity index (χ0n) is 14.4. The molecule has 4 rings (SSSR count). The Kier molecular flexibility index (Phi) is 4.22. The van der Waals surface area contributed by atoms with Crippen molar-refractivity contribution in [3.63, 3.8) is 0 Å². The first kappa shape index (κ1) is 18.2. The number of aryl methyl sites for hydroxylation is 1. The molecule has 0 aliphatic carbocycles. The van der Waals surface area contributed by atoms with Gasteiger partial charge in [0.05, 0.1) is 12.2 Å². The average Bonchev–Trinajstić information content (AvgIpc) is 3.16. The number of aromatic nitrogens is 6. The zero-order chi connectivity index (χ0) is 20.1. The number of pyridine rings is 2. The van der Waals surface area contributed by atoms with Crippen LogP contribution in [0, 0.1) is 0 Å². The molecule has 4 heterocycles. The first-order valence-electron chi connectivity index (χ1n) is 8.04. The predicted molar refractivity (Wildman–Crippen MR) is 94.6 cm³/mol. The van der Waals surface area contributed by atoms with Crippen LogP contribution in [0.4, 0.5) is 13.2 Å². The van der Waals surface area contributed by atoms with Gasteiger partial charge in [-0.15, -0.1) is 0 Å². The lowest BCUT2D eigenvalue weighted by Gasteiger charge is -2.12. The lowest BCUT2D eigenvalue weighted by molar-refractivity contribution is -0.141. The molecule has 0 saturated heterocycles. The molecule has 2 aromatic rings. The molecular weight excluding hydrogens is 397 g/mol. The Morgan fingerprint density at radius 3 is 2.64 bits per heavy atom. The van der Waals surface area contributed by atoms with E-state index in [9.17, 15) is 18.0 Å². The normalized spacial score (nSPS) is 12.0. The number of rotatable bonds is 3. The third kappa shape index (κ3) is 3.15. The second-order valence-electron chi connectivity index (χ2n) is 6.07. The Balaban J connectivity index is 1.79. The highest BCUT2D eigenvalue weighted by atomic mass is 35.5. The third-order valence-electron chi connectivity index (χ3n) is 4.17. The van der Waals surface area contributed by atoms with E-state index in [1.54, 1.807) is 41.2 Å². The highest BCUT2D eigenvalue weighted by Gasteiger charge is 2.35. The molecule has 0 saturated carbocycles. The number of nitrogens with zero attached hydrogens (tertiary/aromatic N) is 6. The Morgan fingerprint density at radius 1 is 1.21 bits per heavy atom. The number of alkyl halides is 3. The number of halogens is 4. The molecule has 144 valence electrons. The second-order valence-corrected chi connectivity index (χ2v) is 6.46. The van der Waals surface area contributed by atoms with Crippen molar-refractivity contribution >= 4 is 11.6 Å². The van der Waals surface area contributed by atoms with Gasteiger partial charge in [-0.3, -0.25) is 4.68 Å². The molecule has 11 heteroatoms. The molecule has 0 aromatic carbocycles. The van der Waals surface area contributed by atoms with Crippen LogP contribution in [0.1, 0.15) is 11.3 Å². The molecule has 28 heavy (non-hydrogen) atoms. The molecule has 0 bridgehead atoms. The lowest BCUT2D eigenvalue weighted by atomic mass is 10.2. The van der Waals surface area contributed by atoms with Gasteiger partial charge in [0, 0.05) is 25.5 Å². The maximum atomic E-state index is 13.0. The van der Waals surface area contributed by atoms with Gasteiger partial charge in [0.2, 0.25) is 0 Å². The van der Waals surface area contributed by atoms with Crippen molar-refractivity contribution in [2.24, 2.45) is 7.05 Å². The number of fused-ring (bicyclic) bond motifs is 1. The zero-order valence-corrected chi connectivity index (χ0v) is 15.1. The van der Waals surface area contributed by atoms with Gasteiger partial charge in [0.1, 0.15) is 11.0 Å². The van der Waals surface area contributed by atoms with Crippen molar-refractivity contribution in [1.82, 2.24) is 28.9 Å². The summed E-state index contributed by atoms with van der Waals surface area (Å²) in [7, 11) is 1.34. The Hall–Kier alpha value is -3.14. The summed E-state index contributed by atoms with van der Waals surface area (Å²) >= 11 is 5.79. The summed E-state index contributed by atoms with van der Waals surface area (Å²) in [4.78, 5) is 20.5. The van der Waals surface area contributed by atoms with Crippen LogP contribution in [0.5, 0.6) is 0 Å². The van der Waals surface area contributed by atoms with E-state index in [0.29, 0.717) is 23.2 Å². The Bertz CT molecular complexity index is 1180. The third-order valence-corrected chi connectivity index (χ3v) is 4.39. The van der Waals surface area contributed by atoms with Crippen LogP contribution in [-0.2, 0) is 19.8 Å². The van der Waals surface area contributed by atoms with Gasteiger partial charge in [0.15, 0.2) is 11.5 Å². The number of imidazole rings is 1. The highest BCUT2D eigenvalue weighted by Crippen LogP contribution is 2.30. The first-order valence-corrected chi connectivity index (χ1v) is 8.42. The van der Waals surface area contributed by atoms with Gasteiger partial charge in [-0.2, -0.15) is 23.3 Å². The molecule has 2 aliphatic rings. The standard InChI is InChI=1S/C17H12ClF3N6O/c1-25-14(7-12(24-25)17(19,20)21)27-11-3-2-6-26(15(11)23-16(27)28)9-10-4-5-13(18)22-8-10/h2-8H,9H2,1H3. The van der Waals surface area contributed by atoms with Crippen molar-refractivity contribution < 1.29 is 13.2 Å². The van der Waals surface area contributed by atoms with Gasteiger partial charge >= 0.3 is 11.9 Å². The summed E-state index contributed by atoms with van der Waals surface area (Å²) in [5.41, 5.74) is -0.585. The average molecular weight is 409 g/mol. The number of hydrogen-bond acceptors (Lipinski definition) is 4. The van der Waals surface area contributed by atoms with Gasteiger partial charge in [0.25, 0.3) is 0 Å². The highest BCUT2D eigenvalue weighted by molar-refractivity contribution is 6.29. The SMILES string of the molecule is Cn1nc(C(F)(F)F)cc1-n1c2cccn(Cc3ccc(Cl)nc3)c-2nc1=O. The van der Waals surface area contributed by atoms with E-state index >= 15 is 0 Å². The molecule has 0 spiro atoms. The molecule has 0 radical (unpaired) electrons. The molecule has 0 unspecified atom stereocenters. The maximum absolute atomic E-state index is 13.0. The van der Waals surface area contributed by atoms with Crippen LogP contribution in [-0.4, -0.2) is 28.9 Å². The summed E-state index contributed by atoms with van der Waals surface area (Å²) in [5.74, 6) is 0.308. The van der Waals surface area contributed by atoms with E-state index in [-0.39, 0.29) is 5.82 Å². The maximum Gasteiger partial charge on any atom is 0.435 e. The van der Waals surface area contributed by atoms with Crippen LogP contribution in [0.2, 0.25) is 5.15 Å². The molecule has 0 N–H and O–H groups in total. The smallest absolute Gasteiger partial charge is 0.327 e. The van der Waals surface area contributed by atoms with Gasteiger partial charge < -0.3 is 4.57 Å². The van der Waals surface area contributed by atoms with Crippen molar-refractivity contribution in [3.8, 4) is 17.3 Å². The van der Waals surface area contributed by atoms with E-state index < -0.39 is 17.6 Å². The molecular formula is C17H12ClF3N6O. The van der Waals surface area contributed by atoms with Crippen molar-refractivity contribution in [2.45, 2.75) is 12.7 Å². The van der Waals surface area contributed by atoms with E-state index in [4.69, 9.17) is 11.6 Å². The fourth-order valence-corrected chi connectivity index (χ4v) is 3.03. The summed E-state index contributed by atoms with van der Waals surface area (Å²) < 4.78 is 42.7. The van der Waals surface area contributed by atoms with E-state index in [2.05, 4.69) is 15.1 Å². The van der Waals surface area contributed by atoms with E-state index in [1.807, 2.05) is 0 Å². The van der Waals surface area contributed by atoms with E-state index in [1.165, 1.54) is 7.05 Å².